The number of aromatic nitrogens is 3. The first-order valence-electron chi connectivity index (χ1n) is 16.9. The number of likely N-dealkylation sites (tertiary alicyclic amines) is 1. The number of hydrogen-bond donors (Lipinski definition) is 2. The molecule has 2 aromatic heterocycles. The second kappa shape index (κ2) is 14.1. The molecule has 3 aliphatic rings. The fourth-order valence-corrected chi connectivity index (χ4v) is 7.65. The number of methoxy groups -OCH3 is 1. The Morgan fingerprint density at radius 3 is 2.35 bits per heavy atom. The lowest BCUT2D eigenvalue weighted by Gasteiger charge is -2.32. The molecule has 2 amide bonds. The smallest absolute Gasteiger partial charge is 0.291 e. The molecule has 0 bridgehead atoms. The predicted molar refractivity (Wildman–Crippen MR) is 192 cm³/mol. The Bertz CT molecular complexity index is 1900. The number of rotatable bonds is 9. The number of nitrogens with zero attached hydrogens (tertiary/aromatic N) is 5. The third-order valence-corrected chi connectivity index (χ3v) is 10.5. The average Bonchev–Trinajstić information content (AvgIpc) is 3.86. The van der Waals surface area contributed by atoms with E-state index in [2.05, 4.69) is 32.0 Å². The summed E-state index contributed by atoms with van der Waals surface area (Å²) in [5.41, 5.74) is 6.49. The van der Waals surface area contributed by atoms with Crippen molar-refractivity contribution in [2.24, 2.45) is 0 Å². The molecule has 2 fully saturated rings. The van der Waals surface area contributed by atoms with Crippen LogP contribution in [-0.4, -0.2) is 76.0 Å². The molecule has 49 heavy (non-hydrogen) atoms. The van der Waals surface area contributed by atoms with E-state index in [-0.39, 0.29) is 17.9 Å². The number of benzene rings is 2. The summed E-state index contributed by atoms with van der Waals surface area (Å²) in [5, 5.41) is 6.97. The van der Waals surface area contributed by atoms with E-state index in [9.17, 15) is 9.59 Å². The number of pyridine rings is 1. The van der Waals surface area contributed by atoms with Gasteiger partial charge in [-0.15, -0.1) is 0 Å². The van der Waals surface area contributed by atoms with E-state index in [4.69, 9.17) is 37.9 Å². The van der Waals surface area contributed by atoms with Crippen molar-refractivity contribution in [1.82, 2.24) is 29.7 Å². The molecule has 256 valence electrons. The molecule has 1 aliphatic carbocycles. The van der Waals surface area contributed by atoms with Gasteiger partial charge < -0.3 is 24.8 Å². The minimum absolute atomic E-state index is 0.0170. The molecule has 2 aromatic carbocycles. The lowest BCUT2D eigenvalue weighted by atomic mass is 10.00. The Hall–Kier alpha value is -3.96. The molecule has 7 rings (SSSR count). The van der Waals surface area contributed by atoms with E-state index in [1.54, 1.807) is 20.1 Å². The van der Waals surface area contributed by atoms with Gasteiger partial charge in [0.25, 0.3) is 5.91 Å². The first kappa shape index (κ1) is 33.5. The molecule has 2 aliphatic heterocycles. The summed E-state index contributed by atoms with van der Waals surface area (Å²) in [6.07, 6.45) is 4.83. The zero-order chi connectivity index (χ0) is 34.2. The molecule has 4 heterocycles. The van der Waals surface area contributed by atoms with Crippen molar-refractivity contribution in [3.8, 4) is 28.3 Å². The molecule has 10 nitrogen and oxygen atoms in total. The lowest BCUT2D eigenvalue weighted by Crippen LogP contribution is -2.43. The van der Waals surface area contributed by atoms with Crippen LogP contribution in [0.2, 0.25) is 10.0 Å². The van der Waals surface area contributed by atoms with Crippen LogP contribution in [0.25, 0.3) is 22.4 Å². The van der Waals surface area contributed by atoms with Crippen molar-refractivity contribution in [3.63, 3.8) is 0 Å². The SMILES string of the molecule is COc1nc(-c2cccc(-c3cccc(NC(=O)c4nc5c(n4C4CC4)CCN(C)C5)c3Cl)c2Cl)ccc1CN1CCC(NC(C)=O)CC1. The number of halogens is 2. The van der Waals surface area contributed by atoms with E-state index in [1.165, 1.54) is 5.69 Å². The Labute approximate surface area is 296 Å². The van der Waals surface area contributed by atoms with Crippen LogP contribution in [0.5, 0.6) is 5.88 Å². The molecular weight excluding hydrogens is 661 g/mol. The van der Waals surface area contributed by atoms with Crippen LogP contribution in [-0.2, 0) is 24.3 Å². The second-order valence-corrected chi connectivity index (χ2v) is 14.1. The number of carbonyl (C=O) groups excluding carboxylic acids is 2. The van der Waals surface area contributed by atoms with Crippen molar-refractivity contribution in [3.05, 3.63) is 81.4 Å². The van der Waals surface area contributed by atoms with Gasteiger partial charge in [-0.2, -0.15) is 0 Å². The maximum Gasteiger partial charge on any atom is 0.291 e. The van der Waals surface area contributed by atoms with Crippen molar-refractivity contribution < 1.29 is 14.3 Å². The molecule has 2 N–H and O–H groups in total. The minimum atomic E-state index is -0.267. The zero-order valence-electron chi connectivity index (χ0n) is 28.1. The third-order valence-electron chi connectivity index (χ3n) is 9.69. The van der Waals surface area contributed by atoms with E-state index < -0.39 is 0 Å². The number of anilines is 1. The van der Waals surface area contributed by atoms with Crippen LogP contribution in [0, 0.1) is 0 Å². The standard InChI is InChI=1S/C37H41Cl2N7O3/c1-22(47)40-24-14-18-45(19-15-24)20-23-10-13-29(43-37(23)49-3)28-8-4-6-26(33(28)38)27-7-5-9-30(34(27)39)42-36(48)35-41-31-21-44(2)17-16-32(31)46(35)25-11-12-25/h4-10,13,24-25H,11-12,14-21H2,1-3H3,(H,40,47)(H,42,48). The van der Waals surface area contributed by atoms with Gasteiger partial charge in [-0.1, -0.05) is 59.6 Å². The molecule has 0 unspecified atom stereocenters. The molecular formula is C37H41Cl2N7O3. The van der Waals surface area contributed by atoms with E-state index in [0.29, 0.717) is 51.3 Å². The van der Waals surface area contributed by atoms with E-state index >= 15 is 0 Å². The van der Waals surface area contributed by atoms with E-state index in [1.807, 2.05) is 42.5 Å². The highest BCUT2D eigenvalue weighted by Gasteiger charge is 2.34. The van der Waals surface area contributed by atoms with Gasteiger partial charge in [0.2, 0.25) is 11.8 Å². The zero-order valence-corrected chi connectivity index (χ0v) is 29.6. The number of piperidine rings is 1. The summed E-state index contributed by atoms with van der Waals surface area (Å²) in [6.45, 7) is 5.72. The average molecular weight is 703 g/mol. The van der Waals surface area contributed by atoms with Crippen molar-refractivity contribution in [1.29, 1.82) is 0 Å². The molecule has 12 heteroatoms. The Balaban J connectivity index is 1.11. The van der Waals surface area contributed by atoms with Gasteiger partial charge >= 0.3 is 0 Å². The van der Waals surface area contributed by atoms with Gasteiger partial charge in [0.1, 0.15) is 0 Å². The quantitative estimate of drug-likeness (QED) is 0.203. The molecule has 0 spiro atoms. The number of nitrogens with one attached hydrogen (secondary N) is 2. The van der Waals surface area contributed by atoms with Gasteiger partial charge in [-0.3, -0.25) is 14.5 Å². The number of hydrogen-bond acceptors (Lipinski definition) is 7. The molecule has 1 saturated carbocycles. The lowest BCUT2D eigenvalue weighted by molar-refractivity contribution is -0.120. The third kappa shape index (κ3) is 7.05. The monoisotopic (exact) mass is 701 g/mol. The van der Waals surface area contributed by atoms with Crippen LogP contribution in [0.4, 0.5) is 5.69 Å². The van der Waals surface area contributed by atoms with Crippen molar-refractivity contribution in [2.75, 3.05) is 39.1 Å². The van der Waals surface area contributed by atoms with Crippen LogP contribution < -0.4 is 15.4 Å². The molecule has 4 aromatic rings. The molecule has 1 saturated heterocycles. The largest absolute Gasteiger partial charge is 0.481 e. The highest BCUT2D eigenvalue weighted by Crippen LogP contribution is 2.42. The summed E-state index contributed by atoms with van der Waals surface area (Å²) >= 11 is 14.1. The highest BCUT2D eigenvalue weighted by atomic mass is 35.5. The normalized spacial score (nSPS) is 17.1. The van der Waals surface area contributed by atoms with Gasteiger partial charge in [0, 0.05) is 86.1 Å². The Morgan fingerprint density at radius 2 is 1.63 bits per heavy atom. The first-order valence-corrected chi connectivity index (χ1v) is 17.7. The summed E-state index contributed by atoms with van der Waals surface area (Å²) in [6, 6.07) is 15.9. The fraction of sp³-hybridized carbons (Fsp3) is 0.405. The number of imidazole rings is 1. The van der Waals surface area contributed by atoms with Crippen LogP contribution in [0.1, 0.15) is 66.2 Å². The summed E-state index contributed by atoms with van der Waals surface area (Å²) in [7, 11) is 3.70. The van der Waals surface area contributed by atoms with Gasteiger partial charge in [-0.05, 0) is 44.9 Å². The summed E-state index contributed by atoms with van der Waals surface area (Å²) in [4.78, 5) is 39.4. The topological polar surface area (TPSA) is 105 Å². The first-order chi connectivity index (χ1) is 23.7. The van der Waals surface area contributed by atoms with Crippen LogP contribution in [0.3, 0.4) is 0 Å². The van der Waals surface area contributed by atoms with Crippen LogP contribution >= 0.6 is 23.2 Å². The maximum atomic E-state index is 13.7. The highest BCUT2D eigenvalue weighted by molar-refractivity contribution is 6.39. The Kier molecular flexibility index (Phi) is 9.66. The van der Waals surface area contributed by atoms with Gasteiger partial charge in [-0.25, -0.2) is 9.97 Å². The minimum Gasteiger partial charge on any atom is -0.481 e. The van der Waals surface area contributed by atoms with Gasteiger partial charge in [0.05, 0.1) is 34.2 Å². The predicted octanol–water partition coefficient (Wildman–Crippen LogP) is 6.60. The van der Waals surface area contributed by atoms with Crippen molar-refractivity contribution >= 4 is 40.7 Å². The van der Waals surface area contributed by atoms with Crippen LogP contribution in [0.15, 0.2) is 48.5 Å². The second-order valence-electron chi connectivity index (χ2n) is 13.3. The van der Waals surface area contributed by atoms with E-state index in [0.717, 1.165) is 80.7 Å². The number of likely N-dealkylation sites (N-methyl/N-ethyl adjacent to an activating group) is 1. The summed E-state index contributed by atoms with van der Waals surface area (Å²) in [5.74, 6) is 0.741. The number of ether oxygens (including phenoxy) is 1. The maximum absolute atomic E-state index is 13.7. The molecule has 0 atom stereocenters. The van der Waals surface area contributed by atoms with Gasteiger partial charge in [0.15, 0.2) is 5.82 Å². The fourth-order valence-electron chi connectivity index (χ4n) is 7.05. The number of fused-ring (bicyclic) bond motifs is 1. The molecule has 0 radical (unpaired) electrons. The Morgan fingerprint density at radius 1 is 0.918 bits per heavy atom. The number of carbonyl (C=O) groups is 2. The summed E-state index contributed by atoms with van der Waals surface area (Å²) < 4.78 is 7.89. The van der Waals surface area contributed by atoms with Crippen molar-refractivity contribution in [2.45, 2.75) is 64.2 Å². The number of amides is 2.